The number of nitrogens with two attached hydrogens (primary N) is 1. The molecule has 0 spiro atoms. The average molecular weight is 270 g/mol. The van der Waals surface area contributed by atoms with Gasteiger partial charge in [-0.25, -0.2) is 0 Å². The molecule has 1 heterocycles. The third-order valence-electron chi connectivity index (χ3n) is 3.00. The van der Waals surface area contributed by atoms with Crippen LogP contribution in [0, 0.1) is 13.8 Å². The molecule has 0 aliphatic carbocycles. The van der Waals surface area contributed by atoms with E-state index in [9.17, 15) is 0 Å². The molecule has 0 unspecified atom stereocenters. The summed E-state index contributed by atoms with van der Waals surface area (Å²) >= 11 is 0. The van der Waals surface area contributed by atoms with E-state index in [0.29, 0.717) is 0 Å². The minimum Gasteiger partial charge on any atom is -0.399 e. The maximum Gasteiger partial charge on any atom is 0.0547 e. The molecule has 0 saturated carbocycles. The highest BCUT2D eigenvalue weighted by atomic mass is 15.0. The molecule has 20 heavy (non-hydrogen) atoms. The number of hydrogen-bond acceptors (Lipinski definition) is 4. The molecule has 0 fully saturated rings. The van der Waals surface area contributed by atoms with Crippen LogP contribution in [0.2, 0.25) is 0 Å². The number of nitrogen functional groups attached to an aromatic ring is 1. The molecule has 0 radical (unpaired) electrons. The van der Waals surface area contributed by atoms with Gasteiger partial charge < -0.3 is 16.4 Å². The number of nitrogens with zero attached hydrogens (tertiary/aromatic N) is 1. The van der Waals surface area contributed by atoms with Crippen LogP contribution in [0.3, 0.4) is 0 Å². The minimum absolute atomic E-state index is 0.787. The van der Waals surface area contributed by atoms with Gasteiger partial charge in [0.1, 0.15) is 0 Å². The molecule has 0 amide bonds. The van der Waals surface area contributed by atoms with Crippen molar-refractivity contribution in [3.8, 4) is 0 Å². The Kier molecular flexibility index (Phi) is 4.96. The van der Waals surface area contributed by atoms with Crippen molar-refractivity contribution >= 4 is 11.4 Å². The van der Waals surface area contributed by atoms with Gasteiger partial charge in [0.2, 0.25) is 0 Å². The first kappa shape index (κ1) is 14.3. The molecule has 2 aromatic rings. The second-order valence-corrected chi connectivity index (χ2v) is 5.00. The van der Waals surface area contributed by atoms with Gasteiger partial charge in [-0.05, 0) is 55.8 Å². The molecule has 1 aromatic carbocycles. The number of aryl methyl sites for hydroxylation is 2. The summed E-state index contributed by atoms with van der Waals surface area (Å²) in [6, 6.07) is 12.0. The number of anilines is 2. The Morgan fingerprint density at radius 3 is 2.50 bits per heavy atom. The Morgan fingerprint density at radius 2 is 1.80 bits per heavy atom. The highest BCUT2D eigenvalue weighted by Crippen LogP contribution is 2.09. The summed E-state index contributed by atoms with van der Waals surface area (Å²) < 4.78 is 0. The van der Waals surface area contributed by atoms with Crippen LogP contribution in [-0.2, 0) is 6.54 Å². The first-order chi connectivity index (χ1) is 9.63. The SMILES string of the molecule is Cc1cc(C)nc(CNCCNc2ccc(N)cc2)c1. The predicted octanol–water partition coefficient (Wildman–Crippen LogP) is 2.48. The first-order valence-electron chi connectivity index (χ1n) is 6.88. The van der Waals surface area contributed by atoms with E-state index < -0.39 is 0 Å². The number of aromatic nitrogens is 1. The summed E-state index contributed by atoms with van der Waals surface area (Å²) in [4.78, 5) is 4.50. The third kappa shape index (κ3) is 4.55. The number of nitrogens with one attached hydrogen (secondary N) is 2. The van der Waals surface area contributed by atoms with Gasteiger partial charge in [-0.2, -0.15) is 0 Å². The van der Waals surface area contributed by atoms with Crippen LogP contribution >= 0.6 is 0 Å². The monoisotopic (exact) mass is 270 g/mol. The maximum absolute atomic E-state index is 5.64. The van der Waals surface area contributed by atoms with E-state index in [1.807, 2.05) is 31.2 Å². The van der Waals surface area contributed by atoms with Crippen LogP contribution in [0.1, 0.15) is 17.0 Å². The molecule has 0 atom stereocenters. The lowest BCUT2D eigenvalue weighted by molar-refractivity contribution is 0.690. The fraction of sp³-hybridized carbons (Fsp3) is 0.312. The van der Waals surface area contributed by atoms with Crippen molar-refractivity contribution in [2.24, 2.45) is 0 Å². The van der Waals surface area contributed by atoms with E-state index in [1.54, 1.807) is 0 Å². The molecule has 4 nitrogen and oxygen atoms in total. The number of hydrogen-bond donors (Lipinski definition) is 3. The Hall–Kier alpha value is -2.07. The molecular weight excluding hydrogens is 248 g/mol. The molecule has 1 aromatic heterocycles. The number of pyridine rings is 1. The predicted molar refractivity (Wildman–Crippen MR) is 84.8 cm³/mol. The van der Waals surface area contributed by atoms with Crippen LogP contribution < -0.4 is 16.4 Å². The lowest BCUT2D eigenvalue weighted by Gasteiger charge is -2.09. The summed E-state index contributed by atoms with van der Waals surface area (Å²) in [6.45, 7) is 6.68. The van der Waals surface area contributed by atoms with Gasteiger partial charge in [0.05, 0.1) is 5.69 Å². The summed E-state index contributed by atoms with van der Waals surface area (Å²) in [5.74, 6) is 0. The van der Waals surface area contributed by atoms with E-state index >= 15 is 0 Å². The van der Waals surface area contributed by atoms with Crippen molar-refractivity contribution in [1.29, 1.82) is 0 Å². The second-order valence-electron chi connectivity index (χ2n) is 5.00. The average Bonchev–Trinajstić information content (AvgIpc) is 2.39. The standard InChI is InChI=1S/C16H22N4/c1-12-9-13(2)20-16(10-12)11-18-7-8-19-15-5-3-14(17)4-6-15/h3-6,9-10,18-19H,7-8,11,17H2,1-2H3. The van der Waals surface area contributed by atoms with Crippen LogP contribution in [0.15, 0.2) is 36.4 Å². The number of rotatable bonds is 6. The first-order valence-corrected chi connectivity index (χ1v) is 6.88. The Morgan fingerprint density at radius 1 is 1.05 bits per heavy atom. The topological polar surface area (TPSA) is 63.0 Å². The van der Waals surface area contributed by atoms with Crippen LogP contribution in [0.5, 0.6) is 0 Å². The van der Waals surface area contributed by atoms with Crippen LogP contribution in [-0.4, -0.2) is 18.1 Å². The normalized spacial score (nSPS) is 10.5. The fourth-order valence-corrected chi connectivity index (χ4v) is 2.13. The minimum atomic E-state index is 0.787. The quantitative estimate of drug-likeness (QED) is 0.557. The molecule has 0 saturated heterocycles. The van der Waals surface area contributed by atoms with Crippen molar-refractivity contribution in [3.05, 3.63) is 53.3 Å². The van der Waals surface area contributed by atoms with Crippen molar-refractivity contribution in [2.75, 3.05) is 24.1 Å². The van der Waals surface area contributed by atoms with Crippen molar-refractivity contribution in [3.63, 3.8) is 0 Å². The van der Waals surface area contributed by atoms with Gasteiger partial charge >= 0.3 is 0 Å². The Balaban J connectivity index is 1.70. The molecule has 106 valence electrons. The van der Waals surface area contributed by atoms with Gasteiger partial charge in [-0.3, -0.25) is 4.98 Å². The molecule has 0 aliphatic heterocycles. The summed E-state index contributed by atoms with van der Waals surface area (Å²) in [5, 5.41) is 6.73. The van der Waals surface area contributed by atoms with Gasteiger partial charge in [0.15, 0.2) is 0 Å². The highest BCUT2D eigenvalue weighted by Gasteiger charge is 1.97. The molecule has 4 N–H and O–H groups in total. The van der Waals surface area contributed by atoms with Crippen molar-refractivity contribution in [2.45, 2.75) is 20.4 Å². The second kappa shape index (κ2) is 6.91. The fourth-order valence-electron chi connectivity index (χ4n) is 2.13. The van der Waals surface area contributed by atoms with E-state index in [4.69, 9.17) is 5.73 Å². The van der Waals surface area contributed by atoms with E-state index in [0.717, 1.165) is 42.4 Å². The lowest BCUT2D eigenvalue weighted by Crippen LogP contribution is -2.22. The van der Waals surface area contributed by atoms with Gasteiger partial charge in [-0.15, -0.1) is 0 Å². The Labute approximate surface area is 120 Å². The highest BCUT2D eigenvalue weighted by molar-refractivity contribution is 5.51. The zero-order valence-corrected chi connectivity index (χ0v) is 12.1. The van der Waals surface area contributed by atoms with Gasteiger partial charge in [0.25, 0.3) is 0 Å². The smallest absolute Gasteiger partial charge is 0.0547 e. The largest absolute Gasteiger partial charge is 0.399 e. The summed E-state index contributed by atoms with van der Waals surface area (Å²) in [7, 11) is 0. The zero-order chi connectivity index (χ0) is 14.4. The maximum atomic E-state index is 5.64. The van der Waals surface area contributed by atoms with Crippen LogP contribution in [0.4, 0.5) is 11.4 Å². The third-order valence-corrected chi connectivity index (χ3v) is 3.00. The molecule has 0 aliphatic rings. The van der Waals surface area contributed by atoms with Crippen molar-refractivity contribution < 1.29 is 0 Å². The Bertz CT molecular complexity index is 529. The summed E-state index contributed by atoms with van der Waals surface area (Å²) in [5.41, 5.74) is 10.9. The zero-order valence-electron chi connectivity index (χ0n) is 12.1. The van der Waals surface area contributed by atoms with Gasteiger partial charge in [0, 0.05) is 36.7 Å². The molecule has 0 bridgehead atoms. The number of benzene rings is 1. The van der Waals surface area contributed by atoms with E-state index in [1.165, 1.54) is 5.56 Å². The van der Waals surface area contributed by atoms with Crippen molar-refractivity contribution in [1.82, 2.24) is 10.3 Å². The molecular formula is C16H22N4. The van der Waals surface area contributed by atoms with E-state index in [-0.39, 0.29) is 0 Å². The van der Waals surface area contributed by atoms with Crippen LogP contribution in [0.25, 0.3) is 0 Å². The lowest BCUT2D eigenvalue weighted by atomic mass is 10.2. The van der Waals surface area contributed by atoms with E-state index in [2.05, 4.69) is 34.7 Å². The summed E-state index contributed by atoms with van der Waals surface area (Å²) in [6.07, 6.45) is 0. The molecule has 2 rings (SSSR count). The van der Waals surface area contributed by atoms with Gasteiger partial charge in [-0.1, -0.05) is 0 Å². The molecule has 4 heteroatoms.